The summed E-state index contributed by atoms with van der Waals surface area (Å²) in [4.78, 5) is 0. The molecule has 1 fully saturated rings. The minimum atomic E-state index is -1.56. The van der Waals surface area contributed by atoms with Gasteiger partial charge in [-0.1, -0.05) is 11.8 Å². The van der Waals surface area contributed by atoms with Crippen LogP contribution in [0, 0.1) is 30.1 Å². The summed E-state index contributed by atoms with van der Waals surface area (Å²) in [6.07, 6.45) is 12.1. The highest BCUT2D eigenvalue weighted by Gasteiger charge is 2.38. The minimum absolute atomic E-state index is 0.265. The van der Waals surface area contributed by atoms with E-state index in [4.69, 9.17) is 12.8 Å². The lowest BCUT2D eigenvalue weighted by Gasteiger charge is -2.35. The van der Waals surface area contributed by atoms with Crippen LogP contribution in [0.15, 0.2) is 0 Å². The minimum Gasteiger partial charge on any atom is -0.366 e. The Balaban J connectivity index is 2.70. The summed E-state index contributed by atoms with van der Waals surface area (Å²) < 4.78 is 0. The Morgan fingerprint density at radius 1 is 0.917 bits per heavy atom. The maximum absolute atomic E-state index is 9.22. The summed E-state index contributed by atoms with van der Waals surface area (Å²) in [6.45, 7) is 0. The third-order valence-electron chi connectivity index (χ3n) is 2.46. The number of terminal acetylenes is 2. The van der Waals surface area contributed by atoms with Crippen molar-refractivity contribution in [3.8, 4) is 24.7 Å². The predicted molar refractivity (Wildman–Crippen MR) is 45.7 cm³/mol. The molecule has 0 aromatic heterocycles. The molecule has 12 heavy (non-hydrogen) atoms. The molecule has 2 N–H and O–H groups in total. The molecule has 0 bridgehead atoms. The molecule has 0 aromatic rings. The van der Waals surface area contributed by atoms with Crippen LogP contribution in [0.4, 0.5) is 0 Å². The lowest BCUT2D eigenvalue weighted by atomic mass is 9.73. The second-order valence-electron chi connectivity index (χ2n) is 3.35. The molecule has 1 aliphatic carbocycles. The molecule has 2 heteroatoms. The lowest BCUT2D eigenvalue weighted by molar-refractivity contribution is -0.187. The zero-order valence-corrected chi connectivity index (χ0v) is 6.88. The second-order valence-corrected chi connectivity index (χ2v) is 3.35. The van der Waals surface area contributed by atoms with E-state index in [2.05, 4.69) is 11.8 Å². The summed E-state index contributed by atoms with van der Waals surface area (Å²) in [6, 6.07) is 0. The molecule has 1 saturated carbocycles. The van der Waals surface area contributed by atoms with E-state index in [0.29, 0.717) is 12.8 Å². The number of hydrogen-bond donors (Lipinski definition) is 2. The van der Waals surface area contributed by atoms with Crippen molar-refractivity contribution in [2.75, 3.05) is 0 Å². The van der Waals surface area contributed by atoms with Crippen molar-refractivity contribution in [3.63, 3.8) is 0 Å². The second kappa shape index (κ2) is 2.83. The zero-order chi connectivity index (χ0) is 9.24. The van der Waals surface area contributed by atoms with Gasteiger partial charge in [0.1, 0.15) is 0 Å². The third-order valence-corrected chi connectivity index (χ3v) is 2.46. The van der Waals surface area contributed by atoms with Crippen LogP contribution in [0.25, 0.3) is 0 Å². The van der Waals surface area contributed by atoms with Crippen molar-refractivity contribution in [3.05, 3.63) is 0 Å². The molecule has 0 atom stereocenters. The Morgan fingerprint density at radius 3 is 1.67 bits per heavy atom. The van der Waals surface area contributed by atoms with Crippen LogP contribution in [0.1, 0.15) is 25.7 Å². The van der Waals surface area contributed by atoms with E-state index in [9.17, 15) is 10.2 Å². The first kappa shape index (κ1) is 9.13. The smallest absolute Gasteiger partial charge is 0.162 e. The van der Waals surface area contributed by atoms with Crippen LogP contribution in [-0.4, -0.2) is 16.0 Å². The van der Waals surface area contributed by atoms with Crippen molar-refractivity contribution >= 4 is 0 Å². The Hall–Kier alpha value is -0.960. The Bertz CT molecular complexity index is 226. The van der Waals surface area contributed by atoms with Gasteiger partial charge < -0.3 is 10.2 Å². The fourth-order valence-electron chi connectivity index (χ4n) is 1.41. The van der Waals surface area contributed by atoms with E-state index < -0.39 is 11.2 Å². The van der Waals surface area contributed by atoms with Crippen molar-refractivity contribution in [2.24, 2.45) is 5.41 Å². The molecule has 0 aliphatic heterocycles. The third kappa shape index (κ3) is 1.61. The number of hydrogen-bond acceptors (Lipinski definition) is 2. The monoisotopic (exact) mass is 164 g/mol. The van der Waals surface area contributed by atoms with E-state index in [1.807, 2.05) is 0 Å². The van der Waals surface area contributed by atoms with Gasteiger partial charge in [-0.2, -0.15) is 0 Å². The fraction of sp³-hybridized carbons (Fsp3) is 0.600. The van der Waals surface area contributed by atoms with Gasteiger partial charge in [0, 0.05) is 12.8 Å². The lowest BCUT2D eigenvalue weighted by Crippen LogP contribution is -2.37. The van der Waals surface area contributed by atoms with Crippen molar-refractivity contribution in [1.29, 1.82) is 0 Å². The van der Waals surface area contributed by atoms with E-state index in [-0.39, 0.29) is 12.8 Å². The van der Waals surface area contributed by atoms with Crippen LogP contribution in [0.3, 0.4) is 0 Å². The number of rotatable bonds is 0. The first-order valence-corrected chi connectivity index (χ1v) is 3.94. The summed E-state index contributed by atoms with van der Waals surface area (Å²) >= 11 is 0. The number of aliphatic hydroxyl groups is 2. The van der Waals surface area contributed by atoms with E-state index in [1.165, 1.54) is 0 Å². The normalized spacial score (nSPS) is 25.3. The maximum atomic E-state index is 9.22. The van der Waals surface area contributed by atoms with Gasteiger partial charge in [-0.25, -0.2) is 0 Å². The Morgan fingerprint density at radius 2 is 1.33 bits per heavy atom. The molecule has 0 unspecified atom stereocenters. The molecule has 0 heterocycles. The van der Waals surface area contributed by atoms with Crippen molar-refractivity contribution in [1.82, 2.24) is 0 Å². The largest absolute Gasteiger partial charge is 0.366 e. The summed E-state index contributed by atoms with van der Waals surface area (Å²) in [5.41, 5.74) is -0.547. The van der Waals surface area contributed by atoms with Crippen LogP contribution >= 0.6 is 0 Å². The molecule has 64 valence electrons. The van der Waals surface area contributed by atoms with Gasteiger partial charge in [-0.05, 0) is 12.8 Å². The fourth-order valence-corrected chi connectivity index (χ4v) is 1.41. The summed E-state index contributed by atoms with van der Waals surface area (Å²) in [5, 5.41) is 18.4. The molecule has 1 aliphatic rings. The van der Waals surface area contributed by atoms with Gasteiger partial charge in [-0.15, -0.1) is 12.8 Å². The molecule has 0 amide bonds. The van der Waals surface area contributed by atoms with Gasteiger partial charge in [0.05, 0.1) is 5.41 Å². The average molecular weight is 164 g/mol. The molecular weight excluding hydrogens is 152 g/mol. The first-order chi connectivity index (χ1) is 5.54. The summed E-state index contributed by atoms with van der Waals surface area (Å²) in [5.74, 6) is 3.53. The van der Waals surface area contributed by atoms with E-state index in [0.717, 1.165) is 0 Å². The summed E-state index contributed by atoms with van der Waals surface area (Å²) in [7, 11) is 0. The molecule has 0 spiro atoms. The van der Waals surface area contributed by atoms with Gasteiger partial charge in [0.25, 0.3) is 0 Å². The van der Waals surface area contributed by atoms with Gasteiger partial charge in [0.2, 0.25) is 0 Å². The van der Waals surface area contributed by atoms with Crippen molar-refractivity contribution in [2.45, 2.75) is 31.5 Å². The quantitative estimate of drug-likeness (QED) is 0.404. The highest BCUT2D eigenvalue weighted by Crippen LogP contribution is 2.38. The molecule has 0 saturated heterocycles. The van der Waals surface area contributed by atoms with Crippen LogP contribution < -0.4 is 0 Å². The maximum Gasteiger partial charge on any atom is 0.162 e. The first-order valence-electron chi connectivity index (χ1n) is 3.94. The Kier molecular flexibility index (Phi) is 2.15. The molecule has 0 aromatic carbocycles. The molecule has 0 radical (unpaired) electrons. The van der Waals surface area contributed by atoms with E-state index >= 15 is 0 Å². The molecule has 2 nitrogen and oxygen atoms in total. The van der Waals surface area contributed by atoms with Gasteiger partial charge >= 0.3 is 0 Å². The van der Waals surface area contributed by atoms with Crippen LogP contribution in [0.5, 0.6) is 0 Å². The van der Waals surface area contributed by atoms with Crippen LogP contribution in [-0.2, 0) is 0 Å². The standard InChI is InChI=1S/C10H12O2/c1-3-9(4-2)5-7-10(11,12)8-6-9/h1-2,11-12H,5-8H2. The van der Waals surface area contributed by atoms with E-state index in [1.54, 1.807) is 0 Å². The Labute approximate surface area is 72.6 Å². The SMILES string of the molecule is C#CC1(C#C)CCC(O)(O)CC1. The van der Waals surface area contributed by atoms with Crippen LogP contribution in [0.2, 0.25) is 0 Å². The highest BCUT2D eigenvalue weighted by molar-refractivity contribution is 5.22. The van der Waals surface area contributed by atoms with Gasteiger partial charge in [-0.3, -0.25) is 0 Å². The topological polar surface area (TPSA) is 40.5 Å². The average Bonchev–Trinajstić information content (AvgIpc) is 2.06. The van der Waals surface area contributed by atoms with Gasteiger partial charge in [0.15, 0.2) is 5.79 Å². The molecule has 1 rings (SSSR count). The predicted octanol–water partition coefficient (Wildman–Crippen LogP) is 0.494. The van der Waals surface area contributed by atoms with Crippen molar-refractivity contribution < 1.29 is 10.2 Å². The highest BCUT2D eigenvalue weighted by atomic mass is 16.5. The zero-order valence-electron chi connectivity index (χ0n) is 6.88. The molecular formula is C10H12O2.